The fourth-order valence-electron chi connectivity index (χ4n) is 3.44. The predicted octanol–water partition coefficient (Wildman–Crippen LogP) is 5.70. The van der Waals surface area contributed by atoms with Crippen LogP contribution in [0.5, 0.6) is 0 Å². The van der Waals surface area contributed by atoms with Gasteiger partial charge in [0.2, 0.25) is 5.91 Å². The second-order valence-electron chi connectivity index (χ2n) is 7.28. The molecule has 0 fully saturated rings. The number of amides is 1. The molecule has 0 aliphatic heterocycles. The standard InChI is InChI=1S/C23H20BrN3O2S/c1-13-4-9-18(14(2)10-13)19-11-30-22-20(19)23(29)27(12-25-22)15(3)21(28)26-17-7-5-16(24)6-8-17/h4-12,15H,1-3H3,(H,26,28). The number of thiophene rings is 1. The molecule has 4 rings (SSSR count). The summed E-state index contributed by atoms with van der Waals surface area (Å²) < 4.78 is 2.33. The van der Waals surface area contributed by atoms with Gasteiger partial charge >= 0.3 is 0 Å². The fraction of sp³-hybridized carbons (Fsp3) is 0.174. The van der Waals surface area contributed by atoms with Crippen LogP contribution in [0.3, 0.4) is 0 Å². The van der Waals surface area contributed by atoms with Crippen molar-refractivity contribution in [2.45, 2.75) is 26.8 Å². The number of aryl methyl sites for hydroxylation is 2. The van der Waals surface area contributed by atoms with Crippen molar-refractivity contribution in [2.24, 2.45) is 0 Å². The molecular formula is C23H20BrN3O2S. The molecule has 2 aromatic carbocycles. The summed E-state index contributed by atoms with van der Waals surface area (Å²) in [5, 5.41) is 5.37. The van der Waals surface area contributed by atoms with Crippen LogP contribution in [-0.2, 0) is 4.79 Å². The molecule has 30 heavy (non-hydrogen) atoms. The first-order valence-electron chi connectivity index (χ1n) is 9.47. The third kappa shape index (κ3) is 3.82. The van der Waals surface area contributed by atoms with Crippen molar-refractivity contribution < 1.29 is 4.79 Å². The third-order valence-corrected chi connectivity index (χ3v) is 6.51. The number of carbonyl (C=O) groups is 1. The van der Waals surface area contributed by atoms with Gasteiger partial charge in [-0.2, -0.15) is 0 Å². The van der Waals surface area contributed by atoms with Crippen LogP contribution >= 0.6 is 27.3 Å². The van der Waals surface area contributed by atoms with E-state index in [4.69, 9.17) is 0 Å². The van der Waals surface area contributed by atoms with E-state index in [-0.39, 0.29) is 11.5 Å². The molecule has 0 aliphatic rings. The smallest absolute Gasteiger partial charge is 0.263 e. The van der Waals surface area contributed by atoms with Crippen LogP contribution in [0.15, 0.2) is 63.4 Å². The Hall–Kier alpha value is -2.77. The molecule has 152 valence electrons. The monoisotopic (exact) mass is 481 g/mol. The first-order valence-corrected chi connectivity index (χ1v) is 11.1. The number of nitrogens with zero attached hydrogens (tertiary/aromatic N) is 2. The lowest BCUT2D eigenvalue weighted by atomic mass is 9.99. The number of hydrogen-bond acceptors (Lipinski definition) is 4. The lowest BCUT2D eigenvalue weighted by Crippen LogP contribution is -2.31. The van der Waals surface area contributed by atoms with E-state index < -0.39 is 6.04 Å². The average molecular weight is 482 g/mol. The predicted molar refractivity (Wildman–Crippen MR) is 126 cm³/mol. The van der Waals surface area contributed by atoms with E-state index in [0.717, 1.165) is 21.2 Å². The molecule has 1 N–H and O–H groups in total. The van der Waals surface area contributed by atoms with Crippen LogP contribution in [0.25, 0.3) is 21.3 Å². The van der Waals surface area contributed by atoms with Crippen molar-refractivity contribution in [3.8, 4) is 11.1 Å². The molecule has 7 heteroatoms. The molecule has 0 bridgehead atoms. The number of benzene rings is 2. The highest BCUT2D eigenvalue weighted by Crippen LogP contribution is 2.33. The molecule has 5 nitrogen and oxygen atoms in total. The molecule has 4 aromatic rings. The van der Waals surface area contributed by atoms with Gasteiger partial charge in [-0.15, -0.1) is 11.3 Å². The summed E-state index contributed by atoms with van der Waals surface area (Å²) in [4.78, 5) is 31.2. The van der Waals surface area contributed by atoms with Crippen molar-refractivity contribution in [1.29, 1.82) is 0 Å². The van der Waals surface area contributed by atoms with Crippen LogP contribution < -0.4 is 10.9 Å². The number of carbonyl (C=O) groups excluding carboxylic acids is 1. The normalized spacial score (nSPS) is 12.1. The number of nitrogens with one attached hydrogen (secondary N) is 1. The number of halogens is 1. The zero-order chi connectivity index (χ0) is 21.4. The lowest BCUT2D eigenvalue weighted by Gasteiger charge is -2.15. The first kappa shape index (κ1) is 20.5. The van der Waals surface area contributed by atoms with Gasteiger partial charge in [0.15, 0.2) is 0 Å². The zero-order valence-electron chi connectivity index (χ0n) is 16.8. The first-order chi connectivity index (χ1) is 14.3. The summed E-state index contributed by atoms with van der Waals surface area (Å²) >= 11 is 4.81. The molecule has 0 radical (unpaired) electrons. The Morgan fingerprint density at radius 1 is 1.13 bits per heavy atom. The van der Waals surface area contributed by atoms with Crippen LogP contribution in [0.4, 0.5) is 5.69 Å². The van der Waals surface area contributed by atoms with Gasteiger partial charge < -0.3 is 5.32 Å². The molecule has 1 unspecified atom stereocenters. The highest BCUT2D eigenvalue weighted by molar-refractivity contribution is 9.10. The van der Waals surface area contributed by atoms with Crippen molar-refractivity contribution in [3.05, 3.63) is 80.1 Å². The van der Waals surface area contributed by atoms with E-state index in [9.17, 15) is 9.59 Å². The number of hydrogen-bond donors (Lipinski definition) is 1. The van der Waals surface area contributed by atoms with Gasteiger partial charge in [0, 0.05) is 21.1 Å². The Morgan fingerprint density at radius 2 is 1.87 bits per heavy atom. The Kier molecular flexibility index (Phi) is 5.58. The van der Waals surface area contributed by atoms with Gasteiger partial charge in [-0.1, -0.05) is 39.7 Å². The summed E-state index contributed by atoms with van der Waals surface area (Å²) in [5.74, 6) is -0.274. The highest BCUT2D eigenvalue weighted by atomic mass is 79.9. The minimum Gasteiger partial charge on any atom is -0.324 e. The summed E-state index contributed by atoms with van der Waals surface area (Å²) in [7, 11) is 0. The van der Waals surface area contributed by atoms with Crippen molar-refractivity contribution >= 4 is 49.1 Å². The molecule has 0 saturated heterocycles. The lowest BCUT2D eigenvalue weighted by molar-refractivity contribution is -0.118. The molecule has 0 spiro atoms. The molecule has 0 saturated carbocycles. The minimum absolute atomic E-state index is 0.213. The van der Waals surface area contributed by atoms with Gasteiger partial charge in [0.25, 0.3) is 5.56 Å². The Bertz CT molecular complexity index is 1310. The van der Waals surface area contributed by atoms with E-state index in [1.54, 1.807) is 19.1 Å². The van der Waals surface area contributed by atoms with E-state index in [1.165, 1.54) is 27.8 Å². The zero-order valence-corrected chi connectivity index (χ0v) is 19.2. The number of rotatable bonds is 4. The van der Waals surface area contributed by atoms with Crippen LogP contribution in [0.1, 0.15) is 24.1 Å². The van der Waals surface area contributed by atoms with Crippen LogP contribution in [-0.4, -0.2) is 15.5 Å². The molecular weight excluding hydrogens is 462 g/mol. The molecule has 1 amide bonds. The van der Waals surface area contributed by atoms with Gasteiger partial charge in [-0.05, 0) is 56.2 Å². The summed E-state index contributed by atoms with van der Waals surface area (Å²) in [6, 6.07) is 12.8. The van der Waals surface area contributed by atoms with E-state index in [1.807, 2.05) is 43.5 Å². The minimum atomic E-state index is -0.704. The van der Waals surface area contributed by atoms with E-state index >= 15 is 0 Å². The maximum absolute atomic E-state index is 13.3. The molecule has 0 aliphatic carbocycles. The Morgan fingerprint density at radius 3 is 2.57 bits per heavy atom. The highest BCUT2D eigenvalue weighted by Gasteiger charge is 2.21. The largest absolute Gasteiger partial charge is 0.324 e. The van der Waals surface area contributed by atoms with Crippen molar-refractivity contribution in [3.63, 3.8) is 0 Å². The van der Waals surface area contributed by atoms with Gasteiger partial charge in [-0.3, -0.25) is 14.2 Å². The van der Waals surface area contributed by atoms with E-state index in [2.05, 4.69) is 32.3 Å². The average Bonchev–Trinajstić information content (AvgIpc) is 3.14. The maximum atomic E-state index is 13.3. The second-order valence-corrected chi connectivity index (χ2v) is 9.05. The number of anilines is 1. The third-order valence-electron chi connectivity index (χ3n) is 5.10. The molecule has 2 aromatic heterocycles. The van der Waals surface area contributed by atoms with Crippen molar-refractivity contribution in [1.82, 2.24) is 9.55 Å². The Labute approximate surface area is 186 Å². The van der Waals surface area contributed by atoms with E-state index in [0.29, 0.717) is 15.9 Å². The Balaban J connectivity index is 1.73. The van der Waals surface area contributed by atoms with Gasteiger partial charge in [0.05, 0.1) is 11.7 Å². The quantitative estimate of drug-likeness (QED) is 0.406. The van der Waals surface area contributed by atoms with Gasteiger partial charge in [0.1, 0.15) is 10.9 Å². The fourth-order valence-corrected chi connectivity index (χ4v) is 4.60. The van der Waals surface area contributed by atoms with Crippen molar-refractivity contribution in [2.75, 3.05) is 5.32 Å². The number of aromatic nitrogens is 2. The van der Waals surface area contributed by atoms with Crippen LogP contribution in [0, 0.1) is 13.8 Å². The molecule has 2 heterocycles. The topological polar surface area (TPSA) is 64.0 Å². The second kappa shape index (κ2) is 8.16. The SMILES string of the molecule is Cc1ccc(-c2csc3ncn(C(C)C(=O)Nc4ccc(Br)cc4)c(=O)c23)c(C)c1. The summed E-state index contributed by atoms with van der Waals surface area (Å²) in [6.07, 6.45) is 1.46. The summed E-state index contributed by atoms with van der Waals surface area (Å²) in [5.41, 5.74) is 4.60. The van der Waals surface area contributed by atoms with Gasteiger partial charge in [-0.25, -0.2) is 4.98 Å². The number of fused-ring (bicyclic) bond motifs is 1. The molecule has 1 atom stereocenters. The van der Waals surface area contributed by atoms with Crippen LogP contribution in [0.2, 0.25) is 0 Å². The maximum Gasteiger partial charge on any atom is 0.263 e. The summed E-state index contributed by atoms with van der Waals surface area (Å²) in [6.45, 7) is 5.78.